The van der Waals surface area contributed by atoms with Crippen LogP contribution in [0, 0.1) is 5.92 Å². The molecule has 1 aromatic rings. The van der Waals surface area contributed by atoms with Gasteiger partial charge in [-0.2, -0.15) is 0 Å². The Morgan fingerprint density at radius 1 is 1.37 bits per heavy atom. The van der Waals surface area contributed by atoms with Gasteiger partial charge in [0.05, 0.1) is 0 Å². The highest BCUT2D eigenvalue weighted by Gasteiger charge is 2.25. The van der Waals surface area contributed by atoms with Gasteiger partial charge in [0.2, 0.25) is 0 Å². The van der Waals surface area contributed by atoms with E-state index in [-0.39, 0.29) is 0 Å². The minimum absolute atomic E-state index is 0.469. The number of nitrogens with zero attached hydrogens (tertiary/aromatic N) is 1. The van der Waals surface area contributed by atoms with Crippen LogP contribution in [0.3, 0.4) is 0 Å². The number of fused-ring (bicyclic) bond motifs is 1. The maximum Gasteiger partial charge on any atom is 0.0399 e. The first-order valence-corrected chi connectivity index (χ1v) is 7.89. The topological polar surface area (TPSA) is 15.3 Å². The Kier molecular flexibility index (Phi) is 3.79. The SMILES string of the molecule is CCNC(C)c1ccc2c(c1)CCN2CC1CCC1. The van der Waals surface area contributed by atoms with Crippen LogP contribution in [0.15, 0.2) is 18.2 Å². The van der Waals surface area contributed by atoms with Gasteiger partial charge < -0.3 is 10.2 Å². The molecule has 1 N–H and O–H groups in total. The molecule has 3 rings (SSSR count). The van der Waals surface area contributed by atoms with E-state index in [9.17, 15) is 0 Å². The molecular formula is C17H26N2. The second-order valence-corrected chi connectivity index (χ2v) is 6.16. The molecule has 2 aliphatic rings. The van der Waals surface area contributed by atoms with Crippen LogP contribution in [0.4, 0.5) is 5.69 Å². The molecule has 2 nitrogen and oxygen atoms in total. The largest absolute Gasteiger partial charge is 0.371 e. The molecule has 1 atom stereocenters. The molecule has 1 aromatic carbocycles. The highest BCUT2D eigenvalue weighted by atomic mass is 15.1. The number of nitrogens with one attached hydrogen (secondary N) is 1. The lowest BCUT2D eigenvalue weighted by atomic mass is 9.85. The van der Waals surface area contributed by atoms with E-state index in [1.807, 2.05) is 0 Å². The molecule has 1 heterocycles. The number of hydrogen-bond acceptors (Lipinski definition) is 2. The van der Waals surface area contributed by atoms with Crippen LogP contribution >= 0.6 is 0 Å². The lowest BCUT2D eigenvalue weighted by Gasteiger charge is -2.31. The number of hydrogen-bond donors (Lipinski definition) is 1. The second kappa shape index (κ2) is 5.54. The van der Waals surface area contributed by atoms with Crippen molar-refractivity contribution in [3.8, 4) is 0 Å². The molecule has 1 aliphatic carbocycles. The molecule has 104 valence electrons. The van der Waals surface area contributed by atoms with Gasteiger partial charge in [0.1, 0.15) is 0 Å². The normalized spacial score (nSPS) is 20.2. The van der Waals surface area contributed by atoms with Crippen molar-refractivity contribution < 1.29 is 0 Å². The van der Waals surface area contributed by atoms with Crippen molar-refractivity contribution in [2.75, 3.05) is 24.5 Å². The average molecular weight is 258 g/mol. The minimum Gasteiger partial charge on any atom is -0.371 e. The van der Waals surface area contributed by atoms with Crippen molar-refractivity contribution in [2.45, 2.75) is 45.6 Å². The van der Waals surface area contributed by atoms with E-state index in [1.165, 1.54) is 50.0 Å². The third kappa shape index (κ3) is 2.64. The summed E-state index contributed by atoms with van der Waals surface area (Å²) >= 11 is 0. The maximum atomic E-state index is 3.50. The summed E-state index contributed by atoms with van der Waals surface area (Å²) in [5.41, 5.74) is 4.49. The van der Waals surface area contributed by atoms with E-state index in [0.29, 0.717) is 6.04 Å². The molecule has 1 unspecified atom stereocenters. The van der Waals surface area contributed by atoms with Crippen LogP contribution < -0.4 is 10.2 Å². The summed E-state index contributed by atoms with van der Waals surface area (Å²) in [4.78, 5) is 2.61. The first-order chi connectivity index (χ1) is 9.28. The zero-order valence-electron chi connectivity index (χ0n) is 12.3. The Labute approximate surface area is 117 Å². The van der Waals surface area contributed by atoms with Crippen LogP contribution in [0.2, 0.25) is 0 Å². The molecular weight excluding hydrogens is 232 g/mol. The molecule has 0 radical (unpaired) electrons. The summed E-state index contributed by atoms with van der Waals surface area (Å²) in [7, 11) is 0. The third-order valence-electron chi connectivity index (χ3n) is 4.81. The van der Waals surface area contributed by atoms with Gasteiger partial charge in [-0.05, 0) is 55.8 Å². The molecule has 1 fully saturated rings. The zero-order chi connectivity index (χ0) is 13.2. The van der Waals surface area contributed by atoms with E-state index < -0.39 is 0 Å². The van der Waals surface area contributed by atoms with Crippen molar-refractivity contribution in [1.29, 1.82) is 0 Å². The first-order valence-electron chi connectivity index (χ1n) is 7.89. The summed E-state index contributed by atoms with van der Waals surface area (Å²) in [6.07, 6.45) is 5.57. The van der Waals surface area contributed by atoms with Gasteiger partial charge in [0, 0.05) is 24.8 Å². The van der Waals surface area contributed by atoms with E-state index in [1.54, 1.807) is 5.56 Å². The van der Waals surface area contributed by atoms with Crippen molar-refractivity contribution in [1.82, 2.24) is 5.32 Å². The van der Waals surface area contributed by atoms with Gasteiger partial charge in [-0.15, -0.1) is 0 Å². The smallest absolute Gasteiger partial charge is 0.0399 e. The zero-order valence-corrected chi connectivity index (χ0v) is 12.3. The molecule has 2 heteroatoms. The highest BCUT2D eigenvalue weighted by molar-refractivity contribution is 5.59. The fraction of sp³-hybridized carbons (Fsp3) is 0.647. The Bertz CT molecular complexity index is 437. The van der Waals surface area contributed by atoms with Crippen molar-refractivity contribution in [2.24, 2.45) is 5.92 Å². The fourth-order valence-corrected chi connectivity index (χ4v) is 3.36. The molecule has 0 amide bonds. The lowest BCUT2D eigenvalue weighted by Crippen LogP contribution is -2.31. The molecule has 1 saturated carbocycles. The Morgan fingerprint density at radius 2 is 2.21 bits per heavy atom. The van der Waals surface area contributed by atoms with Crippen molar-refractivity contribution >= 4 is 5.69 Å². The monoisotopic (exact) mass is 258 g/mol. The summed E-state index contributed by atoms with van der Waals surface area (Å²) in [5.74, 6) is 0.964. The van der Waals surface area contributed by atoms with Gasteiger partial charge >= 0.3 is 0 Å². The summed E-state index contributed by atoms with van der Waals surface area (Å²) < 4.78 is 0. The van der Waals surface area contributed by atoms with Gasteiger partial charge in [0.15, 0.2) is 0 Å². The van der Waals surface area contributed by atoms with E-state index in [2.05, 4.69) is 42.3 Å². The standard InChI is InChI=1S/C17H26N2/c1-3-18-13(2)15-7-8-17-16(11-15)9-10-19(17)12-14-5-4-6-14/h7-8,11,13-14,18H,3-6,9-10,12H2,1-2H3. The Hall–Kier alpha value is -1.02. The van der Waals surface area contributed by atoms with E-state index >= 15 is 0 Å². The predicted octanol–water partition coefficient (Wildman–Crippen LogP) is 3.52. The van der Waals surface area contributed by atoms with Crippen LogP contribution in [-0.2, 0) is 6.42 Å². The van der Waals surface area contributed by atoms with Crippen LogP contribution in [0.1, 0.15) is 50.3 Å². The molecule has 0 saturated heterocycles. The molecule has 19 heavy (non-hydrogen) atoms. The minimum atomic E-state index is 0.469. The predicted molar refractivity (Wildman–Crippen MR) is 81.8 cm³/mol. The second-order valence-electron chi connectivity index (χ2n) is 6.16. The first kappa shape index (κ1) is 13.0. The highest BCUT2D eigenvalue weighted by Crippen LogP contribution is 2.34. The number of benzene rings is 1. The average Bonchev–Trinajstić information content (AvgIpc) is 2.76. The maximum absolute atomic E-state index is 3.50. The summed E-state index contributed by atoms with van der Waals surface area (Å²) in [6, 6.07) is 7.55. The molecule has 0 aromatic heterocycles. The van der Waals surface area contributed by atoms with Gasteiger partial charge in [-0.3, -0.25) is 0 Å². The lowest BCUT2D eigenvalue weighted by molar-refractivity contribution is 0.319. The van der Waals surface area contributed by atoms with Crippen LogP contribution in [0.25, 0.3) is 0 Å². The number of rotatable bonds is 5. The summed E-state index contributed by atoms with van der Waals surface area (Å²) in [5, 5.41) is 3.50. The van der Waals surface area contributed by atoms with Gasteiger partial charge in [-0.25, -0.2) is 0 Å². The number of anilines is 1. The molecule has 1 aliphatic heterocycles. The van der Waals surface area contributed by atoms with Gasteiger partial charge in [0.25, 0.3) is 0 Å². The van der Waals surface area contributed by atoms with Gasteiger partial charge in [-0.1, -0.05) is 25.5 Å². The summed E-state index contributed by atoms with van der Waals surface area (Å²) in [6.45, 7) is 7.97. The fourth-order valence-electron chi connectivity index (χ4n) is 3.36. The third-order valence-corrected chi connectivity index (χ3v) is 4.81. The molecule has 0 bridgehead atoms. The van der Waals surface area contributed by atoms with Crippen LogP contribution in [0.5, 0.6) is 0 Å². The quantitative estimate of drug-likeness (QED) is 0.869. The van der Waals surface area contributed by atoms with Crippen molar-refractivity contribution in [3.05, 3.63) is 29.3 Å². The van der Waals surface area contributed by atoms with E-state index in [0.717, 1.165) is 12.5 Å². The van der Waals surface area contributed by atoms with E-state index in [4.69, 9.17) is 0 Å². The van der Waals surface area contributed by atoms with Crippen LogP contribution in [-0.4, -0.2) is 19.6 Å². The Balaban J connectivity index is 1.72. The molecule has 0 spiro atoms. The Morgan fingerprint density at radius 3 is 2.89 bits per heavy atom. The van der Waals surface area contributed by atoms with Crippen molar-refractivity contribution in [3.63, 3.8) is 0 Å².